The molecule has 21 heavy (non-hydrogen) atoms. The van der Waals surface area contributed by atoms with E-state index < -0.39 is 0 Å². The number of benzene rings is 1. The molecule has 1 aromatic carbocycles. The van der Waals surface area contributed by atoms with Crippen molar-refractivity contribution in [3.63, 3.8) is 0 Å². The third-order valence-electron chi connectivity index (χ3n) is 3.93. The van der Waals surface area contributed by atoms with Crippen molar-refractivity contribution >= 4 is 17.2 Å². The van der Waals surface area contributed by atoms with Gasteiger partial charge in [-0.15, -0.1) is 0 Å². The Kier molecular flexibility index (Phi) is 3.17. The Bertz CT molecular complexity index is 790. The van der Waals surface area contributed by atoms with Crippen LogP contribution in [0.4, 0.5) is 0 Å². The summed E-state index contributed by atoms with van der Waals surface area (Å²) in [7, 11) is 0. The summed E-state index contributed by atoms with van der Waals surface area (Å²) >= 11 is 6.19. The molecular formula is C17H16ClN3. The second-order valence-corrected chi connectivity index (χ2v) is 5.96. The monoisotopic (exact) mass is 297 g/mol. The van der Waals surface area contributed by atoms with Gasteiger partial charge in [0.25, 0.3) is 0 Å². The van der Waals surface area contributed by atoms with Gasteiger partial charge in [-0.25, -0.2) is 4.98 Å². The molecule has 1 fully saturated rings. The fourth-order valence-corrected chi connectivity index (χ4v) is 2.86. The van der Waals surface area contributed by atoms with Crippen LogP contribution in [0.15, 0.2) is 48.8 Å². The van der Waals surface area contributed by atoms with Crippen LogP contribution < -0.4 is 5.32 Å². The van der Waals surface area contributed by atoms with Gasteiger partial charge in [0.05, 0.1) is 5.69 Å². The summed E-state index contributed by atoms with van der Waals surface area (Å²) in [6, 6.07) is 13.0. The minimum Gasteiger partial charge on any atom is -0.310 e. The quantitative estimate of drug-likeness (QED) is 0.791. The van der Waals surface area contributed by atoms with Crippen LogP contribution in [-0.2, 0) is 6.54 Å². The lowest BCUT2D eigenvalue weighted by atomic mass is 10.0. The molecule has 1 aliphatic rings. The molecule has 3 aromatic rings. The molecular weight excluding hydrogens is 282 g/mol. The van der Waals surface area contributed by atoms with Crippen LogP contribution >= 0.6 is 11.6 Å². The first-order valence-electron chi connectivity index (χ1n) is 7.25. The first-order valence-corrected chi connectivity index (χ1v) is 7.63. The van der Waals surface area contributed by atoms with Crippen molar-refractivity contribution in [1.82, 2.24) is 14.7 Å². The van der Waals surface area contributed by atoms with Crippen LogP contribution in [-0.4, -0.2) is 15.4 Å². The molecule has 4 heteroatoms. The molecule has 0 aliphatic heterocycles. The van der Waals surface area contributed by atoms with Gasteiger partial charge in [-0.3, -0.25) is 4.40 Å². The zero-order valence-electron chi connectivity index (χ0n) is 11.6. The number of imidazole rings is 1. The number of pyridine rings is 1. The van der Waals surface area contributed by atoms with Crippen LogP contribution in [0.5, 0.6) is 0 Å². The molecule has 0 radical (unpaired) electrons. The van der Waals surface area contributed by atoms with Crippen LogP contribution in [0.1, 0.15) is 18.4 Å². The van der Waals surface area contributed by atoms with E-state index in [2.05, 4.69) is 32.9 Å². The van der Waals surface area contributed by atoms with Gasteiger partial charge in [-0.1, -0.05) is 23.7 Å². The van der Waals surface area contributed by atoms with Gasteiger partial charge in [0.15, 0.2) is 0 Å². The second-order valence-electron chi connectivity index (χ2n) is 5.52. The lowest BCUT2D eigenvalue weighted by molar-refractivity contribution is 0.688. The summed E-state index contributed by atoms with van der Waals surface area (Å²) in [5, 5.41) is 4.35. The fourth-order valence-electron chi connectivity index (χ4n) is 2.67. The van der Waals surface area contributed by atoms with Crippen molar-refractivity contribution in [2.45, 2.75) is 25.4 Å². The number of hydrogen-bond donors (Lipinski definition) is 1. The Morgan fingerprint density at radius 1 is 1.24 bits per heavy atom. The number of halogens is 1. The molecule has 0 unspecified atom stereocenters. The van der Waals surface area contributed by atoms with Gasteiger partial charge >= 0.3 is 0 Å². The molecule has 3 nitrogen and oxygen atoms in total. The summed E-state index contributed by atoms with van der Waals surface area (Å²) in [4.78, 5) is 4.36. The molecule has 106 valence electrons. The molecule has 0 spiro atoms. The summed E-state index contributed by atoms with van der Waals surface area (Å²) < 4.78 is 2.11. The number of rotatable bonds is 4. The molecule has 1 saturated carbocycles. The number of aromatic nitrogens is 2. The largest absolute Gasteiger partial charge is 0.310 e. The predicted molar refractivity (Wildman–Crippen MR) is 85.5 cm³/mol. The van der Waals surface area contributed by atoms with Crippen molar-refractivity contribution in [3.8, 4) is 11.3 Å². The molecule has 4 rings (SSSR count). The smallest absolute Gasteiger partial charge is 0.137 e. The molecule has 0 saturated heterocycles. The second kappa shape index (κ2) is 5.17. The normalized spacial score (nSPS) is 14.7. The first-order chi connectivity index (χ1) is 10.3. The molecule has 1 N–H and O–H groups in total. The zero-order chi connectivity index (χ0) is 14.2. The number of nitrogens with one attached hydrogen (secondary N) is 1. The van der Waals surface area contributed by atoms with E-state index in [9.17, 15) is 0 Å². The number of fused-ring (bicyclic) bond motifs is 1. The lowest BCUT2D eigenvalue weighted by Crippen LogP contribution is -2.16. The van der Waals surface area contributed by atoms with Crippen molar-refractivity contribution in [1.29, 1.82) is 0 Å². The minimum atomic E-state index is 0.681. The summed E-state index contributed by atoms with van der Waals surface area (Å²) in [6.07, 6.45) is 6.40. The van der Waals surface area contributed by atoms with Gasteiger partial charge in [-0.05, 0) is 42.7 Å². The summed E-state index contributed by atoms with van der Waals surface area (Å²) in [5.41, 5.74) is 4.55. The van der Waals surface area contributed by atoms with E-state index in [0.717, 1.165) is 22.9 Å². The van der Waals surface area contributed by atoms with Crippen molar-refractivity contribution in [2.24, 2.45) is 0 Å². The Labute approximate surface area is 128 Å². The van der Waals surface area contributed by atoms with Crippen molar-refractivity contribution in [3.05, 3.63) is 59.4 Å². The third-order valence-corrected chi connectivity index (χ3v) is 4.17. The van der Waals surface area contributed by atoms with E-state index in [1.807, 2.05) is 30.6 Å². The van der Waals surface area contributed by atoms with Gasteiger partial charge in [0.1, 0.15) is 5.65 Å². The molecule has 0 atom stereocenters. The van der Waals surface area contributed by atoms with Gasteiger partial charge in [0.2, 0.25) is 0 Å². The Morgan fingerprint density at radius 2 is 2.14 bits per heavy atom. The Morgan fingerprint density at radius 3 is 3.00 bits per heavy atom. The maximum Gasteiger partial charge on any atom is 0.137 e. The molecule has 2 heterocycles. The molecule has 2 aromatic heterocycles. The lowest BCUT2D eigenvalue weighted by Gasteiger charge is -2.13. The maximum atomic E-state index is 6.19. The summed E-state index contributed by atoms with van der Waals surface area (Å²) in [6.45, 7) is 0.853. The number of hydrogen-bond acceptors (Lipinski definition) is 2. The number of nitrogens with zero attached hydrogens (tertiary/aromatic N) is 2. The highest BCUT2D eigenvalue weighted by Crippen LogP contribution is 2.28. The van der Waals surface area contributed by atoms with Crippen LogP contribution in [0, 0.1) is 0 Å². The van der Waals surface area contributed by atoms with Gasteiger partial charge in [-0.2, -0.15) is 0 Å². The first kappa shape index (κ1) is 12.9. The fraction of sp³-hybridized carbons (Fsp3) is 0.235. The van der Waals surface area contributed by atoms with Crippen LogP contribution in [0.25, 0.3) is 16.9 Å². The van der Waals surface area contributed by atoms with E-state index in [1.54, 1.807) is 0 Å². The third kappa shape index (κ3) is 2.55. The van der Waals surface area contributed by atoms with Gasteiger partial charge in [0, 0.05) is 35.6 Å². The Hall–Kier alpha value is -1.84. The summed E-state index contributed by atoms with van der Waals surface area (Å²) in [5.74, 6) is 0. The highest BCUT2D eigenvalue weighted by Gasteiger charge is 2.21. The van der Waals surface area contributed by atoms with E-state index in [0.29, 0.717) is 6.04 Å². The van der Waals surface area contributed by atoms with Crippen molar-refractivity contribution in [2.75, 3.05) is 0 Å². The predicted octanol–water partition coefficient (Wildman–Crippen LogP) is 3.91. The topological polar surface area (TPSA) is 29.3 Å². The van der Waals surface area contributed by atoms with E-state index in [-0.39, 0.29) is 0 Å². The maximum absolute atomic E-state index is 6.19. The van der Waals surface area contributed by atoms with Crippen molar-refractivity contribution < 1.29 is 0 Å². The van der Waals surface area contributed by atoms with E-state index >= 15 is 0 Å². The zero-order valence-corrected chi connectivity index (χ0v) is 12.3. The average Bonchev–Trinajstić information content (AvgIpc) is 3.20. The highest BCUT2D eigenvalue weighted by atomic mass is 35.5. The molecule has 0 bridgehead atoms. The van der Waals surface area contributed by atoms with Crippen LogP contribution in [0.2, 0.25) is 5.02 Å². The van der Waals surface area contributed by atoms with Gasteiger partial charge < -0.3 is 5.32 Å². The SMILES string of the molecule is Clc1ccc(-c2cccc3nccn23)c(CNC2CC2)c1. The molecule has 1 aliphatic carbocycles. The minimum absolute atomic E-state index is 0.681. The standard InChI is InChI=1S/C17H16ClN3/c18-13-4-7-15(12(10-13)11-20-14-5-6-14)16-2-1-3-17-19-8-9-21(16)17/h1-4,7-10,14,20H,5-6,11H2. The highest BCUT2D eigenvalue weighted by molar-refractivity contribution is 6.30. The molecule has 0 amide bonds. The average molecular weight is 298 g/mol. The van der Waals surface area contributed by atoms with E-state index in [1.165, 1.54) is 24.0 Å². The Balaban J connectivity index is 1.80. The van der Waals surface area contributed by atoms with Crippen LogP contribution in [0.3, 0.4) is 0 Å². The van der Waals surface area contributed by atoms with E-state index in [4.69, 9.17) is 11.6 Å².